The minimum absolute atomic E-state index is 0.0410. The number of para-hydroxylation sites is 2. The van der Waals surface area contributed by atoms with E-state index in [0.29, 0.717) is 27.9 Å². The number of aryl methyl sites for hydroxylation is 1. The maximum absolute atomic E-state index is 12.5. The third-order valence-corrected chi connectivity index (χ3v) is 4.43. The summed E-state index contributed by atoms with van der Waals surface area (Å²) in [5.74, 6) is -0.246. The number of anilines is 1. The van der Waals surface area contributed by atoms with Gasteiger partial charge in [-0.2, -0.15) is 0 Å². The largest absolute Gasteiger partial charge is 0.507 e. The molecular formula is C21H15N3O5. The van der Waals surface area contributed by atoms with Crippen LogP contribution in [0.15, 0.2) is 65.1 Å². The van der Waals surface area contributed by atoms with Crippen molar-refractivity contribution in [3.8, 4) is 17.2 Å². The van der Waals surface area contributed by atoms with Crippen molar-refractivity contribution in [3.05, 3.63) is 81.9 Å². The van der Waals surface area contributed by atoms with Gasteiger partial charge in [-0.15, -0.1) is 0 Å². The quantitative estimate of drug-likeness (QED) is 0.297. The summed E-state index contributed by atoms with van der Waals surface area (Å²) in [6.07, 6.45) is 0. The number of nitrogens with zero attached hydrogens (tertiary/aromatic N) is 2. The molecule has 29 heavy (non-hydrogen) atoms. The SMILES string of the molecule is Cc1cc(C(=O)Nc2ccc(O)c(-c3nc4ccccc4o3)c2)ccc1[N+](=O)[O-]. The molecule has 0 saturated heterocycles. The van der Waals surface area contributed by atoms with Crippen LogP contribution in [0, 0.1) is 17.0 Å². The Balaban J connectivity index is 1.63. The van der Waals surface area contributed by atoms with Crippen LogP contribution in [-0.4, -0.2) is 20.9 Å². The molecule has 0 aliphatic carbocycles. The smallest absolute Gasteiger partial charge is 0.272 e. The Bertz CT molecular complexity index is 1230. The second-order valence-electron chi connectivity index (χ2n) is 6.43. The van der Waals surface area contributed by atoms with Gasteiger partial charge in [0.25, 0.3) is 11.6 Å². The Morgan fingerprint density at radius 1 is 1.14 bits per heavy atom. The van der Waals surface area contributed by atoms with E-state index in [1.54, 1.807) is 25.1 Å². The first-order chi connectivity index (χ1) is 13.9. The lowest BCUT2D eigenvalue weighted by Gasteiger charge is -2.08. The summed E-state index contributed by atoms with van der Waals surface area (Å²) in [7, 11) is 0. The fourth-order valence-electron chi connectivity index (χ4n) is 2.98. The van der Waals surface area contributed by atoms with Crippen molar-refractivity contribution < 1.29 is 19.2 Å². The van der Waals surface area contributed by atoms with E-state index >= 15 is 0 Å². The average Bonchev–Trinajstić information content (AvgIpc) is 3.13. The number of carbonyl (C=O) groups excluding carboxylic acids is 1. The average molecular weight is 389 g/mol. The molecule has 2 N–H and O–H groups in total. The monoisotopic (exact) mass is 389 g/mol. The number of aromatic nitrogens is 1. The van der Waals surface area contributed by atoms with Crippen LogP contribution in [0.1, 0.15) is 15.9 Å². The predicted octanol–water partition coefficient (Wildman–Crippen LogP) is 4.67. The van der Waals surface area contributed by atoms with Crippen LogP contribution in [0.4, 0.5) is 11.4 Å². The molecule has 0 fully saturated rings. The zero-order chi connectivity index (χ0) is 20.5. The van der Waals surface area contributed by atoms with Crippen molar-refractivity contribution in [2.75, 3.05) is 5.32 Å². The van der Waals surface area contributed by atoms with Gasteiger partial charge >= 0.3 is 0 Å². The third kappa shape index (κ3) is 3.51. The van der Waals surface area contributed by atoms with Crippen molar-refractivity contribution in [1.82, 2.24) is 4.98 Å². The molecule has 0 aliphatic rings. The molecule has 0 unspecified atom stereocenters. The van der Waals surface area contributed by atoms with E-state index in [9.17, 15) is 20.0 Å². The molecule has 144 valence electrons. The fraction of sp³-hybridized carbons (Fsp3) is 0.0476. The van der Waals surface area contributed by atoms with Gasteiger partial charge in [-0.1, -0.05) is 12.1 Å². The van der Waals surface area contributed by atoms with E-state index in [4.69, 9.17) is 4.42 Å². The van der Waals surface area contributed by atoms with E-state index in [1.165, 1.54) is 30.3 Å². The number of hydrogen-bond donors (Lipinski definition) is 2. The first-order valence-electron chi connectivity index (χ1n) is 8.68. The van der Waals surface area contributed by atoms with Crippen LogP contribution < -0.4 is 5.32 Å². The third-order valence-electron chi connectivity index (χ3n) is 4.43. The maximum atomic E-state index is 12.5. The van der Waals surface area contributed by atoms with Gasteiger partial charge in [-0.05, 0) is 49.4 Å². The Kier molecular flexibility index (Phi) is 4.44. The Labute approximate surface area is 164 Å². The molecule has 4 rings (SSSR count). The predicted molar refractivity (Wildman–Crippen MR) is 107 cm³/mol. The molecule has 1 amide bonds. The highest BCUT2D eigenvalue weighted by molar-refractivity contribution is 6.05. The maximum Gasteiger partial charge on any atom is 0.272 e. The van der Waals surface area contributed by atoms with E-state index in [2.05, 4.69) is 10.3 Å². The number of phenols is 1. The summed E-state index contributed by atoms with van der Waals surface area (Å²) in [6, 6.07) is 15.9. The lowest BCUT2D eigenvalue weighted by atomic mass is 10.1. The number of phenolic OH excluding ortho intramolecular Hbond substituents is 1. The Morgan fingerprint density at radius 2 is 1.93 bits per heavy atom. The van der Waals surface area contributed by atoms with Crippen molar-refractivity contribution in [1.29, 1.82) is 0 Å². The zero-order valence-electron chi connectivity index (χ0n) is 15.2. The summed E-state index contributed by atoms with van der Waals surface area (Å²) in [4.78, 5) is 27.3. The number of nitrogens with one attached hydrogen (secondary N) is 1. The normalized spacial score (nSPS) is 10.8. The van der Waals surface area contributed by atoms with Crippen LogP contribution >= 0.6 is 0 Å². The van der Waals surface area contributed by atoms with E-state index in [1.807, 2.05) is 12.1 Å². The number of nitro groups is 1. The molecule has 4 aromatic rings. The molecule has 0 radical (unpaired) electrons. The first kappa shape index (κ1) is 18.2. The summed E-state index contributed by atoms with van der Waals surface area (Å²) in [5.41, 5.74) is 2.60. The lowest BCUT2D eigenvalue weighted by Crippen LogP contribution is -2.12. The van der Waals surface area contributed by atoms with Gasteiger partial charge in [0.15, 0.2) is 5.58 Å². The number of aromatic hydroxyl groups is 1. The number of rotatable bonds is 4. The van der Waals surface area contributed by atoms with E-state index in [-0.39, 0.29) is 22.9 Å². The van der Waals surface area contributed by atoms with Crippen molar-refractivity contribution in [2.45, 2.75) is 6.92 Å². The van der Waals surface area contributed by atoms with Gasteiger partial charge in [0.05, 0.1) is 10.5 Å². The first-order valence-corrected chi connectivity index (χ1v) is 8.68. The molecular weight excluding hydrogens is 374 g/mol. The zero-order valence-corrected chi connectivity index (χ0v) is 15.2. The summed E-state index contributed by atoms with van der Waals surface area (Å²) in [6.45, 7) is 1.57. The van der Waals surface area contributed by atoms with E-state index in [0.717, 1.165) is 0 Å². The number of oxazole rings is 1. The summed E-state index contributed by atoms with van der Waals surface area (Å²) < 4.78 is 5.68. The number of amides is 1. The molecule has 0 saturated carbocycles. The van der Waals surface area contributed by atoms with Crippen molar-refractivity contribution in [3.63, 3.8) is 0 Å². The number of nitro benzene ring substituents is 1. The second-order valence-corrected chi connectivity index (χ2v) is 6.43. The molecule has 0 aliphatic heterocycles. The summed E-state index contributed by atoms with van der Waals surface area (Å²) >= 11 is 0. The van der Waals surface area contributed by atoms with Gasteiger partial charge in [-0.25, -0.2) is 4.98 Å². The van der Waals surface area contributed by atoms with Crippen LogP contribution in [0.25, 0.3) is 22.6 Å². The molecule has 0 spiro atoms. The molecule has 0 bridgehead atoms. The van der Waals surface area contributed by atoms with Gasteiger partial charge in [0, 0.05) is 22.9 Å². The molecule has 8 heteroatoms. The minimum Gasteiger partial charge on any atom is -0.507 e. The van der Waals surface area contributed by atoms with Crippen molar-refractivity contribution in [2.24, 2.45) is 0 Å². The fourth-order valence-corrected chi connectivity index (χ4v) is 2.98. The van der Waals surface area contributed by atoms with Crippen LogP contribution in [0.5, 0.6) is 5.75 Å². The van der Waals surface area contributed by atoms with Gasteiger partial charge in [0.1, 0.15) is 11.3 Å². The number of benzene rings is 3. The number of fused-ring (bicyclic) bond motifs is 1. The van der Waals surface area contributed by atoms with E-state index < -0.39 is 10.8 Å². The van der Waals surface area contributed by atoms with Gasteiger partial charge < -0.3 is 14.8 Å². The number of hydrogen-bond acceptors (Lipinski definition) is 6. The highest BCUT2D eigenvalue weighted by Crippen LogP contribution is 2.33. The van der Waals surface area contributed by atoms with Gasteiger partial charge in [-0.3, -0.25) is 14.9 Å². The summed E-state index contributed by atoms with van der Waals surface area (Å²) in [5, 5.41) is 23.9. The second kappa shape index (κ2) is 7.08. The molecule has 0 atom stereocenters. The standard InChI is InChI=1S/C21H15N3O5/c1-12-10-13(6-8-17(12)24(27)28)20(26)22-14-7-9-18(25)15(11-14)21-23-16-4-2-3-5-19(16)29-21/h2-11,25H,1H3,(H,22,26). The lowest BCUT2D eigenvalue weighted by molar-refractivity contribution is -0.385. The molecule has 1 heterocycles. The minimum atomic E-state index is -0.496. The Hall–Kier alpha value is -4.20. The highest BCUT2D eigenvalue weighted by atomic mass is 16.6. The Morgan fingerprint density at radius 3 is 2.66 bits per heavy atom. The molecule has 8 nitrogen and oxygen atoms in total. The number of carbonyl (C=O) groups is 1. The topological polar surface area (TPSA) is 118 Å². The molecule has 3 aromatic carbocycles. The molecule has 1 aromatic heterocycles. The highest BCUT2D eigenvalue weighted by Gasteiger charge is 2.16. The van der Waals surface area contributed by atoms with Crippen molar-refractivity contribution >= 4 is 28.4 Å². The van der Waals surface area contributed by atoms with Crippen LogP contribution in [0.3, 0.4) is 0 Å². The van der Waals surface area contributed by atoms with Crippen LogP contribution in [0.2, 0.25) is 0 Å². The van der Waals surface area contributed by atoms with Crippen LogP contribution in [-0.2, 0) is 0 Å². The van der Waals surface area contributed by atoms with Gasteiger partial charge in [0.2, 0.25) is 5.89 Å².